The van der Waals surface area contributed by atoms with Crippen molar-refractivity contribution in [2.24, 2.45) is 5.92 Å². The van der Waals surface area contributed by atoms with Crippen LogP contribution in [0.15, 0.2) is 59.5 Å². The highest BCUT2D eigenvalue weighted by Gasteiger charge is 2.21. The number of ether oxygens (including phenoxy) is 2. The fourth-order valence-corrected chi connectivity index (χ4v) is 4.80. The van der Waals surface area contributed by atoms with Crippen LogP contribution < -0.4 is 14.8 Å². The van der Waals surface area contributed by atoms with Crippen molar-refractivity contribution >= 4 is 45.1 Å². The summed E-state index contributed by atoms with van der Waals surface area (Å²) >= 11 is 6.11. The predicted molar refractivity (Wildman–Crippen MR) is 153 cm³/mol. The maximum atomic E-state index is 13.2. The summed E-state index contributed by atoms with van der Waals surface area (Å²) in [6.45, 7) is 6.57. The van der Waals surface area contributed by atoms with Gasteiger partial charge in [0.05, 0.1) is 28.7 Å². The van der Waals surface area contributed by atoms with E-state index in [1.165, 1.54) is 42.5 Å². The van der Waals surface area contributed by atoms with E-state index < -0.39 is 34.4 Å². The van der Waals surface area contributed by atoms with Crippen LogP contribution in [-0.4, -0.2) is 39.4 Å². The smallest absolute Gasteiger partial charge is 0.421 e. The van der Waals surface area contributed by atoms with Gasteiger partial charge in [-0.05, 0) is 85.5 Å². The number of carbonyl (C=O) groups is 3. The van der Waals surface area contributed by atoms with Crippen LogP contribution in [0.1, 0.15) is 46.5 Å². The van der Waals surface area contributed by atoms with Crippen LogP contribution in [0, 0.1) is 31.1 Å². The highest BCUT2D eigenvalue weighted by Crippen LogP contribution is 2.27. The van der Waals surface area contributed by atoms with Gasteiger partial charge in [0.2, 0.25) is 0 Å². The van der Waals surface area contributed by atoms with Crippen LogP contribution in [0.25, 0.3) is 0 Å². The summed E-state index contributed by atoms with van der Waals surface area (Å²) in [4.78, 5) is 37.5. The number of aryl methyl sites for hydroxylation is 2. The summed E-state index contributed by atoms with van der Waals surface area (Å²) in [5, 5.41) is 12.2. The molecule has 0 radical (unpaired) electrons. The van der Waals surface area contributed by atoms with E-state index in [0.29, 0.717) is 16.8 Å². The first-order chi connectivity index (χ1) is 19.3. The highest BCUT2D eigenvalue weighted by atomic mass is 35.5. The number of amides is 2. The Balaban J connectivity index is 1.70. The zero-order valence-electron chi connectivity index (χ0n) is 22.8. The maximum Gasteiger partial charge on any atom is 0.421 e. The zero-order valence-corrected chi connectivity index (χ0v) is 24.4. The Labute approximate surface area is 243 Å². The largest absolute Gasteiger partial charge is 0.483 e. The standard InChI is InChI=1S/C29H28ClN3O7S/c1-17(2)15-40-29(36)33-41(37,38)23-6-7-25(19(4)11-23)32-27(34)16-39-26-8-5-22(30)13-24(26)28(35)21-10-18(3)9-20(12-21)14-31/h5-13,17H,15-16H2,1-4H3,(H,32,34)(H,33,36). The number of carbonyl (C=O) groups excluding carboxylic acids is 3. The van der Waals surface area contributed by atoms with Gasteiger partial charge in [-0.15, -0.1) is 0 Å². The lowest BCUT2D eigenvalue weighted by atomic mass is 9.98. The molecule has 10 nitrogen and oxygen atoms in total. The molecular weight excluding hydrogens is 570 g/mol. The number of nitrogens with zero attached hydrogens (tertiary/aromatic N) is 1. The van der Waals surface area contributed by atoms with E-state index in [9.17, 15) is 28.1 Å². The number of sulfonamides is 1. The van der Waals surface area contributed by atoms with Gasteiger partial charge in [-0.1, -0.05) is 25.4 Å². The molecule has 0 atom stereocenters. The molecule has 0 aliphatic heterocycles. The quantitative estimate of drug-likeness (QED) is 0.304. The molecule has 2 N–H and O–H groups in total. The molecule has 0 aliphatic carbocycles. The Kier molecular flexibility index (Phi) is 10.1. The molecule has 3 aromatic carbocycles. The Morgan fingerprint density at radius 3 is 2.41 bits per heavy atom. The third-order valence-corrected chi connectivity index (χ3v) is 7.11. The maximum absolute atomic E-state index is 13.2. The number of nitriles is 1. The minimum absolute atomic E-state index is 0.0371. The zero-order chi connectivity index (χ0) is 30.3. The van der Waals surface area contributed by atoms with Crippen LogP contribution in [-0.2, 0) is 19.6 Å². The summed E-state index contributed by atoms with van der Waals surface area (Å²) in [5.41, 5.74) is 2.17. The number of ketones is 1. The summed E-state index contributed by atoms with van der Waals surface area (Å²) in [7, 11) is -4.19. The molecule has 0 bridgehead atoms. The normalized spacial score (nSPS) is 11.0. The summed E-state index contributed by atoms with van der Waals surface area (Å²) in [6.07, 6.45) is -1.08. The molecule has 0 aliphatic rings. The summed E-state index contributed by atoms with van der Waals surface area (Å²) in [5.74, 6) is -0.856. The molecular formula is C29H28ClN3O7S. The van der Waals surface area contributed by atoms with E-state index in [-0.39, 0.29) is 39.3 Å². The number of hydrogen-bond acceptors (Lipinski definition) is 8. The molecule has 0 spiro atoms. The van der Waals surface area contributed by atoms with Gasteiger partial charge in [-0.25, -0.2) is 17.9 Å². The second-order valence-electron chi connectivity index (χ2n) is 9.58. The van der Waals surface area contributed by atoms with Crippen LogP contribution in [0.4, 0.5) is 10.5 Å². The second-order valence-corrected chi connectivity index (χ2v) is 11.7. The molecule has 0 aromatic heterocycles. The summed E-state index contributed by atoms with van der Waals surface area (Å²) < 4.78 is 37.4. The Bertz CT molecular complexity index is 1650. The Morgan fingerprint density at radius 2 is 1.76 bits per heavy atom. The fraction of sp³-hybridized carbons (Fsp3) is 0.241. The van der Waals surface area contributed by atoms with Crippen LogP contribution >= 0.6 is 11.6 Å². The van der Waals surface area contributed by atoms with Gasteiger partial charge in [0.25, 0.3) is 15.9 Å². The second kappa shape index (κ2) is 13.3. The van der Waals surface area contributed by atoms with Gasteiger partial charge < -0.3 is 14.8 Å². The highest BCUT2D eigenvalue weighted by molar-refractivity contribution is 7.90. The Morgan fingerprint density at radius 1 is 1.02 bits per heavy atom. The van der Waals surface area contributed by atoms with Crippen molar-refractivity contribution in [2.75, 3.05) is 18.5 Å². The molecule has 0 saturated heterocycles. The minimum atomic E-state index is -4.19. The molecule has 214 valence electrons. The number of nitrogens with one attached hydrogen (secondary N) is 2. The molecule has 3 rings (SSSR count). The molecule has 41 heavy (non-hydrogen) atoms. The lowest BCUT2D eigenvalue weighted by molar-refractivity contribution is -0.118. The lowest BCUT2D eigenvalue weighted by Gasteiger charge is -2.14. The molecule has 2 amide bonds. The number of benzene rings is 3. The number of hydrogen-bond donors (Lipinski definition) is 2. The van der Waals surface area contributed by atoms with E-state index in [1.807, 2.05) is 24.6 Å². The van der Waals surface area contributed by atoms with Crippen molar-refractivity contribution in [3.8, 4) is 11.8 Å². The average molecular weight is 598 g/mol. The van der Waals surface area contributed by atoms with Crippen molar-refractivity contribution < 1.29 is 32.3 Å². The van der Waals surface area contributed by atoms with Gasteiger partial charge in [-0.2, -0.15) is 5.26 Å². The molecule has 0 heterocycles. The van der Waals surface area contributed by atoms with Crippen molar-refractivity contribution in [1.82, 2.24) is 4.72 Å². The minimum Gasteiger partial charge on any atom is -0.483 e. The molecule has 0 unspecified atom stereocenters. The summed E-state index contributed by atoms with van der Waals surface area (Å²) in [6, 6.07) is 15.1. The van der Waals surface area contributed by atoms with E-state index in [0.717, 1.165) is 5.56 Å². The van der Waals surface area contributed by atoms with Crippen molar-refractivity contribution in [3.63, 3.8) is 0 Å². The average Bonchev–Trinajstić information content (AvgIpc) is 2.91. The van der Waals surface area contributed by atoms with Crippen LogP contribution in [0.5, 0.6) is 5.75 Å². The number of halogens is 1. The van der Waals surface area contributed by atoms with Crippen molar-refractivity contribution in [3.05, 3.63) is 87.4 Å². The third kappa shape index (κ3) is 8.54. The van der Waals surface area contributed by atoms with Crippen molar-refractivity contribution in [2.45, 2.75) is 32.6 Å². The molecule has 3 aromatic rings. The van der Waals surface area contributed by atoms with E-state index >= 15 is 0 Å². The molecule has 12 heteroatoms. The van der Waals surface area contributed by atoms with Crippen LogP contribution in [0.2, 0.25) is 5.02 Å². The molecule has 0 fully saturated rings. The van der Waals surface area contributed by atoms with Gasteiger partial charge in [-0.3, -0.25) is 9.59 Å². The number of rotatable bonds is 10. The van der Waals surface area contributed by atoms with Gasteiger partial charge in [0.15, 0.2) is 12.4 Å². The van der Waals surface area contributed by atoms with Gasteiger partial charge in [0.1, 0.15) is 5.75 Å². The Hall–Kier alpha value is -4.40. The monoisotopic (exact) mass is 597 g/mol. The van der Waals surface area contributed by atoms with Crippen LogP contribution in [0.3, 0.4) is 0 Å². The van der Waals surface area contributed by atoms with E-state index in [1.54, 1.807) is 26.0 Å². The first kappa shape index (κ1) is 31.1. The van der Waals surface area contributed by atoms with Crippen molar-refractivity contribution in [1.29, 1.82) is 5.26 Å². The van der Waals surface area contributed by atoms with Gasteiger partial charge in [0, 0.05) is 16.3 Å². The first-order valence-corrected chi connectivity index (χ1v) is 14.2. The lowest BCUT2D eigenvalue weighted by Crippen LogP contribution is -2.32. The van der Waals surface area contributed by atoms with E-state index in [4.69, 9.17) is 21.1 Å². The predicted octanol–water partition coefficient (Wildman–Crippen LogP) is 5.15. The molecule has 0 saturated carbocycles. The third-order valence-electron chi connectivity index (χ3n) is 5.56. The van der Waals surface area contributed by atoms with E-state index in [2.05, 4.69) is 5.32 Å². The fourth-order valence-electron chi connectivity index (χ4n) is 3.65. The topological polar surface area (TPSA) is 152 Å². The number of anilines is 1. The SMILES string of the molecule is Cc1cc(C#N)cc(C(=O)c2cc(Cl)ccc2OCC(=O)Nc2ccc(S(=O)(=O)NC(=O)OCC(C)C)cc2C)c1. The first-order valence-electron chi connectivity index (χ1n) is 12.4. The van der Waals surface area contributed by atoms with Gasteiger partial charge >= 0.3 is 6.09 Å².